The van der Waals surface area contributed by atoms with E-state index in [4.69, 9.17) is 0 Å². The molecule has 0 fully saturated rings. The first kappa shape index (κ1) is 15.4. The maximum absolute atomic E-state index is 12.0. The standard InChI is InChI=1S/C12H18N6O2S/c1-2-4-14-12-15-7-11(8-16-12)21(19,20)18-5-3-10-6-13-9-17-10/h6-9,18H,2-5H2,1H3,(H,13,17)(H,14,15,16). The molecule has 114 valence electrons. The molecule has 0 aliphatic rings. The summed E-state index contributed by atoms with van der Waals surface area (Å²) in [4.78, 5) is 14.8. The van der Waals surface area contributed by atoms with Gasteiger partial charge in [0, 0.05) is 31.4 Å². The highest BCUT2D eigenvalue weighted by molar-refractivity contribution is 7.89. The van der Waals surface area contributed by atoms with Crippen LogP contribution in [-0.4, -0.2) is 41.4 Å². The summed E-state index contributed by atoms with van der Waals surface area (Å²) in [6.07, 6.45) is 7.28. The van der Waals surface area contributed by atoms with E-state index in [1.54, 1.807) is 12.5 Å². The van der Waals surface area contributed by atoms with Gasteiger partial charge >= 0.3 is 0 Å². The molecule has 0 aliphatic carbocycles. The maximum Gasteiger partial charge on any atom is 0.243 e. The number of hydrogen-bond donors (Lipinski definition) is 3. The third-order valence-corrected chi connectivity index (χ3v) is 4.13. The summed E-state index contributed by atoms with van der Waals surface area (Å²) >= 11 is 0. The normalized spacial score (nSPS) is 11.5. The molecule has 0 aliphatic heterocycles. The van der Waals surface area contributed by atoms with Crippen molar-refractivity contribution < 1.29 is 8.42 Å². The van der Waals surface area contributed by atoms with Gasteiger partial charge in [-0.05, 0) is 6.42 Å². The number of aromatic amines is 1. The number of nitrogens with one attached hydrogen (secondary N) is 3. The minimum Gasteiger partial charge on any atom is -0.354 e. The second-order valence-electron chi connectivity index (χ2n) is 4.39. The largest absolute Gasteiger partial charge is 0.354 e. The molecule has 2 aromatic heterocycles. The van der Waals surface area contributed by atoms with Crippen LogP contribution in [-0.2, 0) is 16.4 Å². The van der Waals surface area contributed by atoms with E-state index in [-0.39, 0.29) is 11.4 Å². The summed E-state index contributed by atoms with van der Waals surface area (Å²) in [6.45, 7) is 3.05. The second kappa shape index (κ2) is 7.14. The topological polar surface area (TPSA) is 113 Å². The minimum absolute atomic E-state index is 0.0501. The first-order valence-corrected chi connectivity index (χ1v) is 8.13. The van der Waals surface area contributed by atoms with Crippen LogP contribution in [0.2, 0.25) is 0 Å². The van der Waals surface area contributed by atoms with Gasteiger partial charge < -0.3 is 10.3 Å². The highest BCUT2D eigenvalue weighted by Crippen LogP contribution is 2.07. The summed E-state index contributed by atoms with van der Waals surface area (Å²) in [6, 6.07) is 0. The number of H-pyrrole nitrogens is 1. The second-order valence-corrected chi connectivity index (χ2v) is 6.16. The molecule has 2 rings (SSSR count). The third-order valence-electron chi connectivity index (χ3n) is 2.71. The lowest BCUT2D eigenvalue weighted by atomic mass is 10.3. The third kappa shape index (κ3) is 4.50. The first-order chi connectivity index (χ1) is 10.1. The summed E-state index contributed by atoms with van der Waals surface area (Å²) in [5, 5.41) is 2.99. The van der Waals surface area contributed by atoms with Crippen molar-refractivity contribution in [2.45, 2.75) is 24.7 Å². The molecule has 0 saturated carbocycles. The fourth-order valence-corrected chi connectivity index (χ4v) is 2.53. The SMILES string of the molecule is CCCNc1ncc(S(=O)(=O)NCCc2cnc[nH]2)cn1. The number of anilines is 1. The molecule has 9 heteroatoms. The van der Waals surface area contributed by atoms with E-state index in [2.05, 4.69) is 30.0 Å². The van der Waals surface area contributed by atoms with Crippen LogP contribution in [0.1, 0.15) is 19.0 Å². The molecule has 21 heavy (non-hydrogen) atoms. The molecular weight excluding hydrogens is 292 g/mol. The van der Waals surface area contributed by atoms with Crippen LogP contribution in [0, 0.1) is 0 Å². The Hall–Kier alpha value is -2.00. The summed E-state index contributed by atoms with van der Waals surface area (Å²) < 4.78 is 26.6. The van der Waals surface area contributed by atoms with Crippen molar-refractivity contribution >= 4 is 16.0 Å². The molecule has 3 N–H and O–H groups in total. The average molecular weight is 310 g/mol. The molecule has 0 bridgehead atoms. The van der Waals surface area contributed by atoms with Crippen LogP contribution >= 0.6 is 0 Å². The summed E-state index contributed by atoms with van der Waals surface area (Å²) in [7, 11) is -3.59. The Kier molecular flexibility index (Phi) is 5.23. The van der Waals surface area contributed by atoms with Crippen LogP contribution in [0.5, 0.6) is 0 Å². The summed E-state index contributed by atoms with van der Waals surface area (Å²) in [5.74, 6) is 0.424. The molecule has 0 saturated heterocycles. The van der Waals surface area contributed by atoms with E-state index < -0.39 is 10.0 Å². The van der Waals surface area contributed by atoms with Gasteiger partial charge in [-0.15, -0.1) is 0 Å². The molecule has 0 atom stereocenters. The van der Waals surface area contributed by atoms with Crippen LogP contribution in [0.4, 0.5) is 5.95 Å². The number of sulfonamides is 1. The Morgan fingerprint density at radius 1 is 1.19 bits per heavy atom. The van der Waals surface area contributed by atoms with Crippen molar-refractivity contribution in [3.05, 3.63) is 30.6 Å². The molecule has 2 heterocycles. The first-order valence-electron chi connectivity index (χ1n) is 6.64. The fraction of sp³-hybridized carbons (Fsp3) is 0.417. The van der Waals surface area contributed by atoms with E-state index in [0.717, 1.165) is 18.7 Å². The summed E-state index contributed by atoms with van der Waals surface area (Å²) in [5.41, 5.74) is 0.869. The van der Waals surface area contributed by atoms with E-state index >= 15 is 0 Å². The minimum atomic E-state index is -3.59. The number of aromatic nitrogens is 4. The molecule has 0 amide bonds. The van der Waals surface area contributed by atoms with E-state index in [1.165, 1.54) is 12.4 Å². The molecule has 8 nitrogen and oxygen atoms in total. The van der Waals surface area contributed by atoms with Crippen molar-refractivity contribution in [3.63, 3.8) is 0 Å². The number of nitrogens with zero attached hydrogens (tertiary/aromatic N) is 3. The predicted molar refractivity (Wildman–Crippen MR) is 78.3 cm³/mol. The van der Waals surface area contributed by atoms with Crippen LogP contribution in [0.15, 0.2) is 29.8 Å². The highest BCUT2D eigenvalue weighted by atomic mass is 32.2. The maximum atomic E-state index is 12.0. The smallest absolute Gasteiger partial charge is 0.243 e. The van der Waals surface area contributed by atoms with Gasteiger partial charge in [0.15, 0.2) is 0 Å². The van der Waals surface area contributed by atoms with Gasteiger partial charge in [0.2, 0.25) is 16.0 Å². The molecule has 2 aromatic rings. The zero-order valence-corrected chi connectivity index (χ0v) is 12.5. The molecule has 0 radical (unpaired) electrons. The van der Waals surface area contributed by atoms with Gasteiger partial charge in [-0.2, -0.15) is 0 Å². The van der Waals surface area contributed by atoms with Gasteiger partial charge in [0.1, 0.15) is 4.90 Å². The fourth-order valence-electron chi connectivity index (χ4n) is 1.61. The quantitative estimate of drug-likeness (QED) is 0.656. The highest BCUT2D eigenvalue weighted by Gasteiger charge is 2.14. The van der Waals surface area contributed by atoms with Gasteiger partial charge in [0.25, 0.3) is 0 Å². The van der Waals surface area contributed by atoms with Gasteiger partial charge in [0.05, 0.1) is 18.7 Å². The van der Waals surface area contributed by atoms with Crippen molar-refractivity contribution in [2.75, 3.05) is 18.4 Å². The van der Waals surface area contributed by atoms with Crippen molar-refractivity contribution in [1.82, 2.24) is 24.7 Å². The Morgan fingerprint density at radius 2 is 1.95 bits per heavy atom. The Morgan fingerprint density at radius 3 is 2.57 bits per heavy atom. The van der Waals surface area contributed by atoms with Crippen LogP contribution < -0.4 is 10.0 Å². The predicted octanol–water partition coefficient (Wildman–Crippen LogP) is 0.543. The van der Waals surface area contributed by atoms with E-state index in [1.807, 2.05) is 6.92 Å². The van der Waals surface area contributed by atoms with Gasteiger partial charge in [-0.3, -0.25) is 0 Å². The number of rotatable bonds is 8. The number of hydrogen-bond acceptors (Lipinski definition) is 6. The van der Waals surface area contributed by atoms with E-state index in [0.29, 0.717) is 12.4 Å². The van der Waals surface area contributed by atoms with Crippen LogP contribution in [0.3, 0.4) is 0 Å². The lowest BCUT2D eigenvalue weighted by molar-refractivity contribution is 0.580. The lowest BCUT2D eigenvalue weighted by Crippen LogP contribution is -2.26. The zero-order valence-electron chi connectivity index (χ0n) is 11.7. The van der Waals surface area contributed by atoms with Gasteiger partial charge in [-0.1, -0.05) is 6.92 Å². The average Bonchev–Trinajstić information content (AvgIpc) is 2.98. The number of imidazole rings is 1. The molecule has 0 spiro atoms. The molecule has 0 aromatic carbocycles. The van der Waals surface area contributed by atoms with Gasteiger partial charge in [-0.25, -0.2) is 28.1 Å². The zero-order chi connectivity index (χ0) is 15.1. The molecular formula is C12H18N6O2S. The Labute approximate surface area is 123 Å². The molecule has 0 unspecified atom stereocenters. The van der Waals surface area contributed by atoms with Crippen molar-refractivity contribution in [2.24, 2.45) is 0 Å². The van der Waals surface area contributed by atoms with Crippen molar-refractivity contribution in [3.8, 4) is 0 Å². The Bertz CT molecular complexity index is 639. The Balaban J connectivity index is 1.92. The van der Waals surface area contributed by atoms with E-state index in [9.17, 15) is 8.42 Å². The lowest BCUT2D eigenvalue weighted by Gasteiger charge is -2.07. The monoisotopic (exact) mass is 310 g/mol. The van der Waals surface area contributed by atoms with Crippen LogP contribution in [0.25, 0.3) is 0 Å². The van der Waals surface area contributed by atoms with Crippen molar-refractivity contribution in [1.29, 1.82) is 0 Å².